The van der Waals surface area contributed by atoms with Gasteiger partial charge in [0.2, 0.25) is 0 Å². The molecule has 1 aliphatic rings. The molecule has 0 fully saturated rings. The minimum atomic E-state index is -2.81. The molecule has 3 rings (SSSR count). The molecule has 0 bridgehead atoms. The first kappa shape index (κ1) is 28.3. The maximum absolute atomic E-state index is 13.2. The van der Waals surface area contributed by atoms with E-state index in [-0.39, 0.29) is 30.0 Å². The van der Waals surface area contributed by atoms with Crippen molar-refractivity contribution in [2.24, 2.45) is 0 Å². The molecule has 36 heavy (non-hydrogen) atoms. The molecule has 0 saturated heterocycles. The maximum Gasteiger partial charge on any atom is 0.335 e. The quantitative estimate of drug-likeness (QED) is 0.196. The van der Waals surface area contributed by atoms with Crippen LogP contribution in [0.15, 0.2) is 72.8 Å². The zero-order valence-corrected chi connectivity index (χ0v) is 23.4. The molecule has 0 saturated carbocycles. The Balaban J connectivity index is 2.08. The van der Waals surface area contributed by atoms with Gasteiger partial charge >= 0.3 is 5.97 Å². The second-order valence-corrected chi connectivity index (χ2v) is 14.7. The lowest BCUT2D eigenvalue weighted by Gasteiger charge is -2.46. The van der Waals surface area contributed by atoms with Crippen molar-refractivity contribution in [1.82, 2.24) is 0 Å². The molecular formula is C30H42O5Si. The van der Waals surface area contributed by atoms with Gasteiger partial charge in [-0.2, -0.15) is 0 Å². The summed E-state index contributed by atoms with van der Waals surface area (Å²) < 4.78 is 24.3. The van der Waals surface area contributed by atoms with Crippen molar-refractivity contribution in [3.05, 3.63) is 72.8 Å². The predicted molar refractivity (Wildman–Crippen MR) is 147 cm³/mol. The summed E-state index contributed by atoms with van der Waals surface area (Å²) >= 11 is 0. The second kappa shape index (κ2) is 13.3. The molecule has 2 aromatic carbocycles. The molecule has 1 aliphatic heterocycles. The second-order valence-electron chi connectivity index (χ2n) is 10.4. The van der Waals surface area contributed by atoms with Gasteiger partial charge in [0.05, 0.1) is 6.10 Å². The standard InChI is InChI=1S/C30H42O5Si/c1-6-16-26-27(21-14-9-15-22-28(29(31)34-26)33-23-32-5)35-36(30(2,3)4,24-17-10-7-11-18-24)25-19-12-8-13-20-25/h7-14,17-20,26-28H,6,15-16,21-23H2,1-5H3/b14-9+/t26-,27+,28-/m1/s1. The molecule has 0 spiro atoms. The number of allylic oxidation sites excluding steroid dienone is 1. The topological polar surface area (TPSA) is 54.0 Å². The first-order valence-electron chi connectivity index (χ1n) is 13.1. The van der Waals surface area contributed by atoms with Gasteiger partial charge in [0.1, 0.15) is 12.9 Å². The number of benzene rings is 2. The smallest absolute Gasteiger partial charge is 0.335 e. The fraction of sp³-hybridized carbons (Fsp3) is 0.500. The lowest BCUT2D eigenvalue weighted by Crippen LogP contribution is -2.68. The summed E-state index contributed by atoms with van der Waals surface area (Å²) in [5, 5.41) is 2.26. The number of methoxy groups -OCH3 is 1. The van der Waals surface area contributed by atoms with E-state index in [1.165, 1.54) is 10.4 Å². The number of rotatable bonds is 9. The summed E-state index contributed by atoms with van der Waals surface area (Å²) in [5.41, 5.74) is 0. The van der Waals surface area contributed by atoms with E-state index in [2.05, 4.69) is 88.4 Å². The minimum absolute atomic E-state index is 0.0594. The van der Waals surface area contributed by atoms with Crippen molar-refractivity contribution < 1.29 is 23.4 Å². The van der Waals surface area contributed by atoms with Gasteiger partial charge in [-0.1, -0.05) is 107 Å². The van der Waals surface area contributed by atoms with Crippen LogP contribution in [0.25, 0.3) is 0 Å². The van der Waals surface area contributed by atoms with E-state index >= 15 is 0 Å². The lowest BCUT2D eigenvalue weighted by atomic mass is 10.0. The fourth-order valence-electron chi connectivity index (χ4n) is 5.04. The van der Waals surface area contributed by atoms with Gasteiger partial charge in [0, 0.05) is 7.11 Å². The average Bonchev–Trinajstić information content (AvgIpc) is 2.87. The molecule has 0 unspecified atom stereocenters. The predicted octanol–water partition coefficient (Wildman–Crippen LogP) is 5.37. The van der Waals surface area contributed by atoms with Gasteiger partial charge in [-0.25, -0.2) is 4.79 Å². The first-order valence-corrected chi connectivity index (χ1v) is 15.0. The summed E-state index contributed by atoms with van der Waals surface area (Å²) in [6.45, 7) is 8.98. The van der Waals surface area contributed by atoms with Gasteiger partial charge in [0.15, 0.2) is 6.10 Å². The van der Waals surface area contributed by atoms with Crippen LogP contribution in [0.5, 0.6) is 0 Å². The van der Waals surface area contributed by atoms with Crippen LogP contribution < -0.4 is 10.4 Å². The Bertz CT molecular complexity index is 915. The largest absolute Gasteiger partial charge is 0.458 e. The van der Waals surface area contributed by atoms with E-state index in [1.807, 2.05) is 12.1 Å². The first-order chi connectivity index (χ1) is 17.3. The van der Waals surface area contributed by atoms with Crippen molar-refractivity contribution in [2.75, 3.05) is 13.9 Å². The molecule has 5 nitrogen and oxygen atoms in total. The van der Waals surface area contributed by atoms with E-state index in [0.717, 1.165) is 19.3 Å². The molecule has 0 aromatic heterocycles. The number of hydrogen-bond donors (Lipinski definition) is 0. The van der Waals surface area contributed by atoms with Gasteiger partial charge in [-0.15, -0.1) is 0 Å². The Hall–Kier alpha value is -2.25. The molecule has 0 aliphatic carbocycles. The van der Waals surface area contributed by atoms with E-state index < -0.39 is 14.4 Å². The normalized spacial score (nSPS) is 22.6. The molecule has 6 heteroatoms. The number of carbonyl (C=O) groups excluding carboxylic acids is 1. The fourth-order valence-corrected chi connectivity index (χ4v) is 9.76. The number of carbonyl (C=O) groups is 1. The van der Waals surface area contributed by atoms with Crippen LogP contribution in [0, 0.1) is 0 Å². The Kier molecular flexibility index (Phi) is 10.5. The van der Waals surface area contributed by atoms with Crippen LogP contribution in [0.4, 0.5) is 0 Å². The number of cyclic esters (lactones) is 1. The Morgan fingerprint density at radius 2 is 1.58 bits per heavy atom. The SMILES string of the molecule is CCC[C@H]1OC(=O)[C@H](OCOC)CC/C=C/C[C@@H]1O[Si](c1ccccc1)(c1ccccc1)C(C)(C)C. The molecule has 0 radical (unpaired) electrons. The molecule has 0 N–H and O–H groups in total. The third-order valence-electron chi connectivity index (χ3n) is 6.78. The third kappa shape index (κ3) is 6.74. The van der Waals surface area contributed by atoms with E-state index in [1.54, 1.807) is 7.11 Å². The molecular weight excluding hydrogens is 468 g/mol. The highest BCUT2D eigenvalue weighted by atomic mass is 28.4. The van der Waals surface area contributed by atoms with Crippen molar-refractivity contribution in [3.8, 4) is 0 Å². The van der Waals surface area contributed by atoms with Crippen molar-refractivity contribution in [1.29, 1.82) is 0 Å². The van der Waals surface area contributed by atoms with Crippen LogP contribution in [-0.2, 0) is 23.4 Å². The van der Waals surface area contributed by atoms with Crippen LogP contribution in [0.2, 0.25) is 5.04 Å². The molecule has 3 atom stereocenters. The van der Waals surface area contributed by atoms with E-state index in [4.69, 9.17) is 18.6 Å². The third-order valence-corrected chi connectivity index (χ3v) is 11.8. The summed E-state index contributed by atoms with van der Waals surface area (Å²) in [5.74, 6) is -0.336. The van der Waals surface area contributed by atoms with Gasteiger partial charge in [0.25, 0.3) is 8.32 Å². The molecule has 196 valence electrons. The molecule has 0 amide bonds. The zero-order valence-electron chi connectivity index (χ0n) is 22.4. The Morgan fingerprint density at radius 3 is 2.11 bits per heavy atom. The minimum Gasteiger partial charge on any atom is -0.458 e. The zero-order chi connectivity index (χ0) is 26.0. The highest BCUT2D eigenvalue weighted by Gasteiger charge is 2.52. The van der Waals surface area contributed by atoms with Crippen LogP contribution in [0.3, 0.4) is 0 Å². The van der Waals surface area contributed by atoms with Crippen molar-refractivity contribution in [3.63, 3.8) is 0 Å². The average molecular weight is 511 g/mol. The van der Waals surface area contributed by atoms with E-state index in [0.29, 0.717) is 12.8 Å². The van der Waals surface area contributed by atoms with Gasteiger partial charge in [-0.05, 0) is 41.1 Å². The number of hydrogen-bond acceptors (Lipinski definition) is 5. The lowest BCUT2D eigenvalue weighted by molar-refractivity contribution is -0.176. The van der Waals surface area contributed by atoms with Crippen LogP contribution >= 0.6 is 0 Å². The molecule has 1 heterocycles. The maximum atomic E-state index is 13.2. The van der Waals surface area contributed by atoms with Crippen LogP contribution in [0.1, 0.15) is 59.8 Å². The summed E-state index contributed by atoms with van der Waals surface area (Å²) in [6, 6.07) is 21.2. The highest BCUT2D eigenvalue weighted by Crippen LogP contribution is 2.39. The van der Waals surface area contributed by atoms with Gasteiger partial charge < -0.3 is 18.6 Å². The summed E-state index contributed by atoms with van der Waals surface area (Å²) in [7, 11) is -1.26. The summed E-state index contributed by atoms with van der Waals surface area (Å²) in [4.78, 5) is 13.2. The Labute approximate surface area is 217 Å². The molecule has 2 aromatic rings. The van der Waals surface area contributed by atoms with Crippen molar-refractivity contribution >= 4 is 24.7 Å². The highest BCUT2D eigenvalue weighted by molar-refractivity contribution is 6.99. The summed E-state index contributed by atoms with van der Waals surface area (Å²) in [6.07, 6.45) is 6.59. The van der Waals surface area contributed by atoms with Gasteiger partial charge in [-0.3, -0.25) is 0 Å². The number of ether oxygens (including phenoxy) is 3. The monoisotopic (exact) mass is 510 g/mol. The van der Waals surface area contributed by atoms with Crippen molar-refractivity contribution in [2.45, 2.75) is 83.1 Å². The van der Waals surface area contributed by atoms with E-state index in [9.17, 15) is 4.79 Å². The van der Waals surface area contributed by atoms with Crippen LogP contribution in [-0.4, -0.2) is 46.5 Å². The number of esters is 1. The Morgan fingerprint density at radius 1 is 0.972 bits per heavy atom.